The maximum atomic E-state index is 11.7. The Morgan fingerprint density at radius 1 is 1.56 bits per heavy atom. The Kier molecular flexibility index (Phi) is 3.91. The van der Waals surface area contributed by atoms with Gasteiger partial charge in [0.15, 0.2) is 0 Å². The second-order valence-corrected chi connectivity index (χ2v) is 4.63. The van der Waals surface area contributed by atoms with Crippen LogP contribution in [-0.2, 0) is 9.59 Å². The van der Waals surface area contributed by atoms with Gasteiger partial charge in [0.2, 0.25) is 5.91 Å². The molecule has 2 atom stereocenters. The first-order valence-electron chi connectivity index (χ1n) is 5.71. The van der Waals surface area contributed by atoms with E-state index in [0.29, 0.717) is 25.9 Å². The molecule has 5 nitrogen and oxygen atoms in total. The molecule has 0 spiro atoms. The molecule has 0 bridgehead atoms. The van der Waals surface area contributed by atoms with Crippen LogP contribution in [0.3, 0.4) is 0 Å². The van der Waals surface area contributed by atoms with Crippen molar-refractivity contribution in [3.8, 4) is 0 Å². The van der Waals surface area contributed by atoms with Gasteiger partial charge in [-0.3, -0.25) is 9.59 Å². The number of carboxylic acids is 1. The first kappa shape index (κ1) is 13.0. The molecular weight excluding hydrogens is 208 g/mol. The minimum Gasteiger partial charge on any atom is -0.481 e. The molecule has 1 aliphatic rings. The average Bonchev–Trinajstić information content (AvgIpc) is 2.62. The quantitative estimate of drug-likeness (QED) is 0.731. The van der Waals surface area contributed by atoms with Crippen LogP contribution in [0, 0.1) is 5.41 Å². The lowest BCUT2D eigenvalue weighted by Crippen LogP contribution is -2.43. The van der Waals surface area contributed by atoms with Crippen LogP contribution in [0.1, 0.15) is 33.1 Å². The molecule has 1 fully saturated rings. The molecule has 0 aliphatic carbocycles. The van der Waals surface area contributed by atoms with E-state index >= 15 is 0 Å². The number of hydrogen-bond acceptors (Lipinski definition) is 3. The van der Waals surface area contributed by atoms with Crippen LogP contribution in [0.25, 0.3) is 0 Å². The SMILES string of the molecule is CCCC1(C(=O)O)CCN(C(=O)[C@@H](C)N)C1. The first-order valence-corrected chi connectivity index (χ1v) is 5.71. The summed E-state index contributed by atoms with van der Waals surface area (Å²) in [5, 5.41) is 9.26. The van der Waals surface area contributed by atoms with Crippen LogP contribution in [0.5, 0.6) is 0 Å². The molecule has 16 heavy (non-hydrogen) atoms. The molecule has 0 aromatic rings. The molecule has 0 aromatic carbocycles. The number of hydrogen-bond donors (Lipinski definition) is 2. The lowest BCUT2D eigenvalue weighted by atomic mass is 9.83. The Hall–Kier alpha value is -1.10. The van der Waals surface area contributed by atoms with Crippen molar-refractivity contribution in [1.29, 1.82) is 0 Å². The average molecular weight is 228 g/mol. The standard InChI is InChI=1S/C11H20N2O3/c1-3-4-11(10(15)16)5-6-13(7-11)9(14)8(2)12/h8H,3-7,12H2,1-2H3,(H,15,16)/t8-,11?/m1/s1. The molecule has 1 aliphatic heterocycles. The van der Waals surface area contributed by atoms with Crippen LogP contribution >= 0.6 is 0 Å². The van der Waals surface area contributed by atoms with Gasteiger partial charge >= 0.3 is 5.97 Å². The summed E-state index contributed by atoms with van der Waals surface area (Å²) >= 11 is 0. The topological polar surface area (TPSA) is 83.6 Å². The number of rotatable bonds is 4. The Morgan fingerprint density at radius 3 is 2.62 bits per heavy atom. The van der Waals surface area contributed by atoms with Gasteiger partial charge in [-0.25, -0.2) is 0 Å². The minimum absolute atomic E-state index is 0.153. The molecule has 0 saturated carbocycles. The zero-order valence-corrected chi connectivity index (χ0v) is 9.90. The van der Waals surface area contributed by atoms with Crippen molar-refractivity contribution >= 4 is 11.9 Å². The summed E-state index contributed by atoms with van der Waals surface area (Å²) in [5.41, 5.74) is 4.77. The molecular formula is C11H20N2O3. The number of carboxylic acid groups (broad SMARTS) is 1. The summed E-state index contributed by atoms with van der Waals surface area (Å²) in [6.07, 6.45) is 1.96. The minimum atomic E-state index is -0.797. The highest BCUT2D eigenvalue weighted by Gasteiger charge is 2.45. The highest BCUT2D eigenvalue weighted by Crippen LogP contribution is 2.35. The maximum Gasteiger partial charge on any atom is 0.311 e. The third-order valence-electron chi connectivity index (χ3n) is 3.24. The summed E-state index contributed by atoms with van der Waals surface area (Å²) < 4.78 is 0. The highest BCUT2D eigenvalue weighted by atomic mass is 16.4. The number of likely N-dealkylation sites (tertiary alicyclic amines) is 1. The van der Waals surface area contributed by atoms with E-state index in [1.54, 1.807) is 11.8 Å². The lowest BCUT2D eigenvalue weighted by molar-refractivity contribution is -0.149. The number of nitrogens with zero attached hydrogens (tertiary/aromatic N) is 1. The lowest BCUT2D eigenvalue weighted by Gasteiger charge is -2.24. The Labute approximate surface area is 95.6 Å². The first-order chi connectivity index (χ1) is 7.43. The molecule has 1 saturated heterocycles. The van der Waals surface area contributed by atoms with E-state index < -0.39 is 17.4 Å². The Balaban J connectivity index is 2.74. The van der Waals surface area contributed by atoms with E-state index in [9.17, 15) is 14.7 Å². The van der Waals surface area contributed by atoms with Gasteiger partial charge in [-0.2, -0.15) is 0 Å². The summed E-state index contributed by atoms with van der Waals surface area (Å²) in [6.45, 7) is 4.40. The van der Waals surface area contributed by atoms with E-state index in [1.807, 2.05) is 6.92 Å². The summed E-state index contributed by atoms with van der Waals surface area (Å²) in [5.74, 6) is -0.950. The second kappa shape index (κ2) is 4.82. The molecule has 0 radical (unpaired) electrons. The van der Waals surface area contributed by atoms with Crippen molar-refractivity contribution in [2.24, 2.45) is 11.1 Å². The highest BCUT2D eigenvalue weighted by molar-refractivity contribution is 5.83. The molecule has 1 heterocycles. The van der Waals surface area contributed by atoms with Gasteiger partial charge in [0, 0.05) is 13.1 Å². The Bertz CT molecular complexity index is 291. The van der Waals surface area contributed by atoms with Gasteiger partial charge in [0.05, 0.1) is 11.5 Å². The van der Waals surface area contributed by atoms with Crippen molar-refractivity contribution in [1.82, 2.24) is 4.90 Å². The van der Waals surface area contributed by atoms with Crippen LogP contribution < -0.4 is 5.73 Å². The van der Waals surface area contributed by atoms with Gasteiger partial charge in [0.1, 0.15) is 0 Å². The molecule has 3 N–H and O–H groups in total. The van der Waals surface area contributed by atoms with Crippen molar-refractivity contribution in [2.75, 3.05) is 13.1 Å². The summed E-state index contributed by atoms with van der Waals surface area (Å²) in [4.78, 5) is 24.5. The van der Waals surface area contributed by atoms with E-state index in [1.165, 1.54) is 0 Å². The fourth-order valence-corrected chi connectivity index (χ4v) is 2.31. The number of carbonyl (C=O) groups is 2. The van der Waals surface area contributed by atoms with Gasteiger partial charge in [-0.15, -0.1) is 0 Å². The predicted octanol–water partition coefficient (Wildman–Crippen LogP) is 0.437. The predicted molar refractivity (Wildman–Crippen MR) is 59.8 cm³/mol. The third kappa shape index (κ3) is 2.35. The van der Waals surface area contributed by atoms with Crippen molar-refractivity contribution in [3.63, 3.8) is 0 Å². The van der Waals surface area contributed by atoms with Crippen LogP contribution in [0.4, 0.5) is 0 Å². The normalized spacial score (nSPS) is 26.8. The van der Waals surface area contributed by atoms with Crippen molar-refractivity contribution in [2.45, 2.75) is 39.2 Å². The van der Waals surface area contributed by atoms with Gasteiger partial charge in [0.25, 0.3) is 0 Å². The molecule has 5 heteroatoms. The number of amides is 1. The molecule has 1 amide bonds. The van der Waals surface area contributed by atoms with E-state index in [0.717, 1.165) is 6.42 Å². The fourth-order valence-electron chi connectivity index (χ4n) is 2.31. The second-order valence-electron chi connectivity index (χ2n) is 4.63. The Morgan fingerprint density at radius 2 is 2.19 bits per heavy atom. The number of nitrogens with two attached hydrogens (primary N) is 1. The van der Waals surface area contributed by atoms with E-state index in [4.69, 9.17) is 5.73 Å². The summed E-state index contributed by atoms with van der Waals surface area (Å²) in [6, 6.07) is -0.550. The van der Waals surface area contributed by atoms with Crippen molar-refractivity contribution in [3.05, 3.63) is 0 Å². The smallest absolute Gasteiger partial charge is 0.311 e. The zero-order chi connectivity index (χ0) is 12.3. The number of carbonyl (C=O) groups excluding carboxylic acids is 1. The van der Waals surface area contributed by atoms with Crippen molar-refractivity contribution < 1.29 is 14.7 Å². The molecule has 92 valence electrons. The molecule has 1 rings (SSSR count). The van der Waals surface area contributed by atoms with Crippen LogP contribution in [0.15, 0.2) is 0 Å². The van der Waals surface area contributed by atoms with Crippen LogP contribution in [0.2, 0.25) is 0 Å². The van der Waals surface area contributed by atoms with E-state index in [-0.39, 0.29) is 5.91 Å². The van der Waals surface area contributed by atoms with E-state index in [2.05, 4.69) is 0 Å². The zero-order valence-electron chi connectivity index (χ0n) is 9.90. The molecule has 0 aromatic heterocycles. The largest absolute Gasteiger partial charge is 0.481 e. The fraction of sp³-hybridized carbons (Fsp3) is 0.818. The third-order valence-corrected chi connectivity index (χ3v) is 3.24. The summed E-state index contributed by atoms with van der Waals surface area (Å²) in [7, 11) is 0. The van der Waals surface area contributed by atoms with Gasteiger partial charge < -0.3 is 15.7 Å². The number of aliphatic carboxylic acids is 1. The maximum absolute atomic E-state index is 11.7. The van der Waals surface area contributed by atoms with Gasteiger partial charge in [-0.05, 0) is 19.8 Å². The van der Waals surface area contributed by atoms with Gasteiger partial charge in [-0.1, -0.05) is 13.3 Å². The monoisotopic (exact) mass is 228 g/mol. The van der Waals surface area contributed by atoms with Crippen LogP contribution in [-0.4, -0.2) is 41.0 Å². The molecule has 1 unspecified atom stereocenters.